The molecule has 112 valence electrons. The molecule has 0 heterocycles. The summed E-state index contributed by atoms with van der Waals surface area (Å²) in [7, 11) is 1.70. The standard InChI is InChI=1S/C17H19Br2NO/c1-4-20-17(12-8-13(18)10-14(19)9-12)16-6-5-15(21-3)7-11(16)2/h5-10,17,20H,4H2,1-3H3. The number of hydrogen-bond donors (Lipinski definition) is 1. The van der Waals surface area contributed by atoms with Crippen LogP contribution in [0.15, 0.2) is 45.3 Å². The largest absolute Gasteiger partial charge is 0.497 e. The van der Waals surface area contributed by atoms with Gasteiger partial charge in [-0.3, -0.25) is 0 Å². The molecule has 0 fully saturated rings. The molecule has 0 bridgehead atoms. The number of rotatable bonds is 5. The van der Waals surface area contributed by atoms with Gasteiger partial charge in [0.25, 0.3) is 0 Å². The van der Waals surface area contributed by atoms with Crippen molar-refractivity contribution in [1.82, 2.24) is 5.32 Å². The second-order valence-corrected chi connectivity index (χ2v) is 6.75. The maximum absolute atomic E-state index is 5.30. The number of nitrogens with one attached hydrogen (secondary N) is 1. The van der Waals surface area contributed by atoms with E-state index >= 15 is 0 Å². The monoisotopic (exact) mass is 411 g/mol. The first-order valence-electron chi connectivity index (χ1n) is 6.89. The van der Waals surface area contributed by atoms with E-state index in [1.807, 2.05) is 12.1 Å². The van der Waals surface area contributed by atoms with Crippen LogP contribution < -0.4 is 10.1 Å². The van der Waals surface area contributed by atoms with Gasteiger partial charge in [-0.1, -0.05) is 44.8 Å². The Morgan fingerprint density at radius 2 is 1.76 bits per heavy atom. The van der Waals surface area contributed by atoms with Crippen LogP contribution in [0.1, 0.15) is 29.7 Å². The van der Waals surface area contributed by atoms with Crippen molar-refractivity contribution in [3.8, 4) is 5.75 Å². The van der Waals surface area contributed by atoms with Gasteiger partial charge in [0.05, 0.1) is 13.2 Å². The summed E-state index contributed by atoms with van der Waals surface area (Å²) in [5.74, 6) is 0.891. The van der Waals surface area contributed by atoms with E-state index in [4.69, 9.17) is 4.74 Å². The highest BCUT2D eigenvalue weighted by atomic mass is 79.9. The van der Waals surface area contributed by atoms with Crippen LogP contribution in [0.3, 0.4) is 0 Å². The molecule has 2 aromatic rings. The molecule has 0 saturated heterocycles. The Balaban J connectivity index is 2.47. The van der Waals surface area contributed by atoms with Crippen molar-refractivity contribution in [2.75, 3.05) is 13.7 Å². The predicted molar refractivity (Wildman–Crippen MR) is 95.1 cm³/mol. The molecule has 0 radical (unpaired) electrons. The maximum Gasteiger partial charge on any atom is 0.119 e. The molecule has 0 amide bonds. The van der Waals surface area contributed by atoms with E-state index < -0.39 is 0 Å². The van der Waals surface area contributed by atoms with Crippen molar-refractivity contribution in [2.24, 2.45) is 0 Å². The van der Waals surface area contributed by atoms with E-state index in [2.05, 4.69) is 75.3 Å². The minimum Gasteiger partial charge on any atom is -0.497 e. The molecule has 0 spiro atoms. The first-order valence-corrected chi connectivity index (χ1v) is 8.47. The number of hydrogen-bond acceptors (Lipinski definition) is 2. The molecule has 1 atom stereocenters. The van der Waals surface area contributed by atoms with Gasteiger partial charge in [0.2, 0.25) is 0 Å². The molecule has 2 aromatic carbocycles. The summed E-state index contributed by atoms with van der Waals surface area (Å²) >= 11 is 7.14. The molecule has 0 saturated carbocycles. The van der Waals surface area contributed by atoms with Crippen LogP contribution in [0, 0.1) is 6.92 Å². The maximum atomic E-state index is 5.30. The SMILES string of the molecule is CCNC(c1cc(Br)cc(Br)c1)c1ccc(OC)cc1C. The van der Waals surface area contributed by atoms with Gasteiger partial charge in [0.1, 0.15) is 5.75 Å². The molecule has 0 aromatic heterocycles. The van der Waals surface area contributed by atoms with Crippen LogP contribution in [0.4, 0.5) is 0 Å². The third-order valence-electron chi connectivity index (χ3n) is 3.41. The van der Waals surface area contributed by atoms with Gasteiger partial charge in [-0.2, -0.15) is 0 Å². The highest BCUT2D eigenvalue weighted by Gasteiger charge is 2.16. The summed E-state index contributed by atoms with van der Waals surface area (Å²) in [4.78, 5) is 0. The zero-order valence-corrected chi connectivity index (χ0v) is 15.6. The molecule has 0 aliphatic carbocycles. The summed E-state index contributed by atoms with van der Waals surface area (Å²) in [6.07, 6.45) is 0. The van der Waals surface area contributed by atoms with Crippen molar-refractivity contribution >= 4 is 31.9 Å². The number of aryl methyl sites for hydroxylation is 1. The number of methoxy groups -OCH3 is 1. The summed E-state index contributed by atoms with van der Waals surface area (Å²) in [5.41, 5.74) is 3.71. The highest BCUT2D eigenvalue weighted by molar-refractivity contribution is 9.11. The van der Waals surface area contributed by atoms with Crippen molar-refractivity contribution in [3.05, 3.63) is 62.0 Å². The van der Waals surface area contributed by atoms with Crippen molar-refractivity contribution in [1.29, 1.82) is 0 Å². The summed E-state index contributed by atoms with van der Waals surface area (Å²) in [6, 6.07) is 12.7. The van der Waals surface area contributed by atoms with Gasteiger partial charge in [-0.15, -0.1) is 0 Å². The van der Waals surface area contributed by atoms with Crippen LogP contribution in [-0.2, 0) is 0 Å². The Kier molecular flexibility index (Phi) is 5.85. The van der Waals surface area contributed by atoms with E-state index in [0.717, 1.165) is 21.2 Å². The quantitative estimate of drug-likeness (QED) is 0.725. The zero-order valence-electron chi connectivity index (χ0n) is 12.4. The van der Waals surface area contributed by atoms with E-state index in [9.17, 15) is 0 Å². The highest BCUT2D eigenvalue weighted by Crippen LogP contribution is 2.31. The van der Waals surface area contributed by atoms with Crippen molar-refractivity contribution in [2.45, 2.75) is 19.9 Å². The van der Waals surface area contributed by atoms with Crippen LogP contribution in [0.5, 0.6) is 5.75 Å². The molecule has 1 N–H and O–H groups in total. The Hall–Kier alpha value is -0.840. The van der Waals surface area contributed by atoms with E-state index in [0.29, 0.717) is 0 Å². The Bertz CT molecular complexity index is 608. The van der Waals surface area contributed by atoms with Gasteiger partial charge in [-0.25, -0.2) is 0 Å². The molecule has 0 aliphatic rings. The first kappa shape index (κ1) is 16.5. The van der Waals surface area contributed by atoms with Crippen LogP contribution in [0.2, 0.25) is 0 Å². The third-order valence-corrected chi connectivity index (χ3v) is 4.33. The van der Waals surface area contributed by atoms with Crippen LogP contribution >= 0.6 is 31.9 Å². The number of ether oxygens (including phenoxy) is 1. The Morgan fingerprint density at radius 3 is 2.29 bits per heavy atom. The smallest absolute Gasteiger partial charge is 0.119 e. The van der Waals surface area contributed by atoms with E-state index in [1.165, 1.54) is 16.7 Å². The lowest BCUT2D eigenvalue weighted by Gasteiger charge is -2.22. The first-order chi connectivity index (χ1) is 10.0. The minimum absolute atomic E-state index is 0.162. The van der Waals surface area contributed by atoms with Gasteiger partial charge in [0.15, 0.2) is 0 Å². The lowest BCUT2D eigenvalue weighted by molar-refractivity contribution is 0.414. The number of halogens is 2. The second kappa shape index (κ2) is 7.43. The normalized spacial score (nSPS) is 12.2. The van der Waals surface area contributed by atoms with Gasteiger partial charge in [-0.05, 0) is 60.5 Å². The molecule has 0 aliphatic heterocycles. The van der Waals surface area contributed by atoms with Crippen molar-refractivity contribution < 1.29 is 4.74 Å². The molecular weight excluding hydrogens is 394 g/mol. The summed E-state index contributed by atoms with van der Waals surface area (Å²) in [6.45, 7) is 5.15. The van der Waals surface area contributed by atoms with Crippen LogP contribution in [0.25, 0.3) is 0 Å². The van der Waals surface area contributed by atoms with Gasteiger partial charge in [0, 0.05) is 8.95 Å². The molecule has 1 unspecified atom stereocenters. The fourth-order valence-corrected chi connectivity index (χ4v) is 3.78. The molecule has 4 heteroatoms. The van der Waals surface area contributed by atoms with Crippen molar-refractivity contribution in [3.63, 3.8) is 0 Å². The summed E-state index contributed by atoms with van der Waals surface area (Å²) < 4.78 is 7.44. The lowest BCUT2D eigenvalue weighted by Crippen LogP contribution is -2.22. The molecule has 2 rings (SSSR count). The fraction of sp³-hybridized carbons (Fsp3) is 0.294. The fourth-order valence-electron chi connectivity index (χ4n) is 2.45. The molecule has 2 nitrogen and oxygen atoms in total. The number of benzene rings is 2. The summed E-state index contributed by atoms with van der Waals surface area (Å²) in [5, 5.41) is 3.57. The Labute approximate surface area is 143 Å². The average Bonchev–Trinajstić information content (AvgIpc) is 2.44. The van der Waals surface area contributed by atoms with Gasteiger partial charge >= 0.3 is 0 Å². The zero-order chi connectivity index (χ0) is 15.4. The Morgan fingerprint density at radius 1 is 1.10 bits per heavy atom. The molecule has 21 heavy (non-hydrogen) atoms. The predicted octanol–water partition coefficient (Wildman–Crippen LogP) is 5.23. The second-order valence-electron chi connectivity index (χ2n) is 4.92. The van der Waals surface area contributed by atoms with E-state index in [1.54, 1.807) is 7.11 Å². The lowest BCUT2D eigenvalue weighted by atomic mass is 9.95. The average molecular weight is 413 g/mol. The third kappa shape index (κ3) is 4.09. The van der Waals surface area contributed by atoms with E-state index in [-0.39, 0.29) is 6.04 Å². The van der Waals surface area contributed by atoms with Gasteiger partial charge < -0.3 is 10.1 Å². The topological polar surface area (TPSA) is 21.3 Å². The minimum atomic E-state index is 0.162. The molecular formula is C17H19Br2NO. The van der Waals surface area contributed by atoms with Crippen LogP contribution in [-0.4, -0.2) is 13.7 Å².